The molecule has 0 heterocycles. The van der Waals surface area contributed by atoms with E-state index in [4.69, 9.17) is 4.74 Å². The van der Waals surface area contributed by atoms with Crippen molar-refractivity contribution in [3.05, 3.63) is 35.6 Å². The zero-order valence-electron chi connectivity index (χ0n) is 12.4. The summed E-state index contributed by atoms with van der Waals surface area (Å²) < 4.78 is 18.0. The first-order chi connectivity index (χ1) is 9.13. The van der Waals surface area contributed by atoms with Gasteiger partial charge < -0.3 is 15.2 Å². The van der Waals surface area contributed by atoms with Crippen LogP contribution in [0.2, 0.25) is 0 Å². The van der Waals surface area contributed by atoms with E-state index < -0.39 is 17.2 Å². The number of alkyl carbamates (subject to hydrolysis) is 1. The topological polar surface area (TPSA) is 58.6 Å². The number of aliphatic hydroxyl groups excluding tert-OH is 1. The molecule has 1 amide bonds. The Balaban J connectivity index is 2.71. The van der Waals surface area contributed by atoms with Crippen LogP contribution in [0.15, 0.2) is 24.3 Å². The third kappa shape index (κ3) is 5.57. The molecule has 4 nitrogen and oxygen atoms in total. The number of aliphatic hydroxyl groups is 1. The van der Waals surface area contributed by atoms with E-state index in [0.29, 0.717) is 6.42 Å². The van der Waals surface area contributed by atoms with Crippen molar-refractivity contribution < 1.29 is 19.0 Å². The monoisotopic (exact) mass is 283 g/mol. The van der Waals surface area contributed by atoms with Gasteiger partial charge in [-0.3, -0.25) is 0 Å². The molecular weight excluding hydrogens is 261 g/mol. The average Bonchev–Trinajstić information content (AvgIpc) is 2.29. The van der Waals surface area contributed by atoms with Gasteiger partial charge in [-0.15, -0.1) is 0 Å². The number of nitrogens with one attached hydrogen (secondary N) is 1. The summed E-state index contributed by atoms with van der Waals surface area (Å²) in [4.78, 5) is 11.8. The third-order valence-electron chi connectivity index (χ3n) is 2.66. The summed E-state index contributed by atoms with van der Waals surface area (Å²) >= 11 is 0. The molecule has 0 aliphatic rings. The van der Waals surface area contributed by atoms with Gasteiger partial charge in [-0.25, -0.2) is 9.18 Å². The molecule has 0 saturated carbocycles. The summed E-state index contributed by atoms with van der Waals surface area (Å²) in [5, 5.41) is 12.2. The highest BCUT2D eigenvalue weighted by Gasteiger charge is 2.28. The van der Waals surface area contributed by atoms with Crippen molar-refractivity contribution in [3.63, 3.8) is 0 Å². The van der Waals surface area contributed by atoms with Crippen molar-refractivity contribution in [1.29, 1.82) is 0 Å². The Morgan fingerprint density at radius 1 is 1.25 bits per heavy atom. The average molecular weight is 283 g/mol. The first kappa shape index (κ1) is 16.4. The third-order valence-corrected chi connectivity index (χ3v) is 2.66. The second-order valence-electron chi connectivity index (χ2n) is 6.15. The number of carbonyl (C=O) groups is 1. The number of carbonyl (C=O) groups excluding carboxylic acids is 1. The quantitative estimate of drug-likeness (QED) is 0.893. The molecule has 112 valence electrons. The molecule has 0 bridgehead atoms. The molecule has 5 heteroatoms. The largest absolute Gasteiger partial charge is 0.444 e. The smallest absolute Gasteiger partial charge is 0.408 e. The standard InChI is InChI=1S/C15H22FNO3/c1-14(2,3)20-13(19)17-15(4,10-18)9-11-5-7-12(16)8-6-11/h5-8,18H,9-10H2,1-4H3,(H,17,19). The SMILES string of the molecule is CC(CO)(Cc1ccc(F)cc1)NC(=O)OC(C)(C)C. The maximum absolute atomic E-state index is 12.9. The molecule has 1 aromatic rings. The summed E-state index contributed by atoms with van der Waals surface area (Å²) in [6, 6.07) is 5.95. The van der Waals surface area contributed by atoms with Crippen LogP contribution >= 0.6 is 0 Å². The second-order valence-corrected chi connectivity index (χ2v) is 6.15. The van der Waals surface area contributed by atoms with E-state index >= 15 is 0 Å². The molecule has 0 aromatic heterocycles. The zero-order valence-corrected chi connectivity index (χ0v) is 12.4. The van der Waals surface area contributed by atoms with Crippen molar-refractivity contribution in [3.8, 4) is 0 Å². The highest BCUT2D eigenvalue weighted by atomic mass is 19.1. The Labute approximate surface area is 119 Å². The minimum Gasteiger partial charge on any atom is -0.444 e. The van der Waals surface area contributed by atoms with Gasteiger partial charge in [0.25, 0.3) is 0 Å². The highest BCUT2D eigenvalue weighted by Crippen LogP contribution is 2.15. The van der Waals surface area contributed by atoms with Crippen LogP contribution in [0.1, 0.15) is 33.3 Å². The van der Waals surface area contributed by atoms with Gasteiger partial charge >= 0.3 is 6.09 Å². The Morgan fingerprint density at radius 2 is 1.80 bits per heavy atom. The van der Waals surface area contributed by atoms with Crippen LogP contribution in [0.25, 0.3) is 0 Å². The lowest BCUT2D eigenvalue weighted by Gasteiger charge is -2.30. The Bertz CT molecular complexity index is 453. The number of amides is 1. The molecular formula is C15H22FNO3. The van der Waals surface area contributed by atoms with E-state index in [0.717, 1.165) is 5.56 Å². The van der Waals surface area contributed by atoms with Gasteiger partial charge in [0.05, 0.1) is 12.1 Å². The van der Waals surface area contributed by atoms with E-state index in [1.807, 2.05) is 0 Å². The molecule has 0 saturated heterocycles. The lowest BCUT2D eigenvalue weighted by molar-refractivity contribution is 0.0415. The van der Waals surface area contributed by atoms with Crippen LogP contribution in [0.4, 0.5) is 9.18 Å². The van der Waals surface area contributed by atoms with Gasteiger partial charge in [0, 0.05) is 0 Å². The predicted octanol–water partition coefficient (Wildman–Crippen LogP) is 2.64. The van der Waals surface area contributed by atoms with E-state index in [1.165, 1.54) is 12.1 Å². The summed E-state index contributed by atoms with van der Waals surface area (Å²) in [7, 11) is 0. The molecule has 1 rings (SSSR count). The maximum Gasteiger partial charge on any atom is 0.408 e. The summed E-state index contributed by atoms with van der Waals surface area (Å²) in [6.07, 6.45) is -0.209. The maximum atomic E-state index is 12.9. The van der Waals surface area contributed by atoms with Crippen molar-refractivity contribution in [2.45, 2.75) is 45.3 Å². The molecule has 0 aliphatic heterocycles. The van der Waals surface area contributed by atoms with E-state index in [9.17, 15) is 14.3 Å². The molecule has 1 unspecified atom stereocenters. The van der Waals surface area contributed by atoms with Crippen LogP contribution < -0.4 is 5.32 Å². The van der Waals surface area contributed by atoms with Crippen LogP contribution in [-0.4, -0.2) is 28.9 Å². The van der Waals surface area contributed by atoms with Crippen LogP contribution in [0, 0.1) is 5.82 Å². The van der Waals surface area contributed by atoms with E-state index in [1.54, 1.807) is 39.8 Å². The Kier molecular flexibility index (Phi) is 5.11. The van der Waals surface area contributed by atoms with E-state index in [-0.39, 0.29) is 12.4 Å². The predicted molar refractivity (Wildman–Crippen MR) is 75.0 cm³/mol. The number of halogens is 1. The number of ether oxygens (including phenoxy) is 1. The van der Waals surface area contributed by atoms with Gasteiger partial charge in [-0.1, -0.05) is 12.1 Å². The fourth-order valence-corrected chi connectivity index (χ4v) is 1.74. The van der Waals surface area contributed by atoms with Gasteiger partial charge in [0.15, 0.2) is 0 Å². The molecule has 0 radical (unpaired) electrons. The fourth-order valence-electron chi connectivity index (χ4n) is 1.74. The lowest BCUT2D eigenvalue weighted by Crippen LogP contribution is -2.52. The molecule has 20 heavy (non-hydrogen) atoms. The summed E-state index contributed by atoms with van der Waals surface area (Å²) in [6.45, 7) is 6.76. The second kappa shape index (κ2) is 6.22. The molecule has 0 fully saturated rings. The minimum absolute atomic E-state index is 0.246. The molecule has 1 atom stereocenters. The van der Waals surface area contributed by atoms with Crippen molar-refractivity contribution in [1.82, 2.24) is 5.32 Å². The fraction of sp³-hybridized carbons (Fsp3) is 0.533. The first-order valence-corrected chi connectivity index (χ1v) is 6.50. The van der Waals surface area contributed by atoms with Crippen molar-refractivity contribution in [2.75, 3.05) is 6.61 Å². The Morgan fingerprint density at radius 3 is 2.25 bits per heavy atom. The van der Waals surface area contributed by atoms with Crippen LogP contribution in [0.3, 0.4) is 0 Å². The van der Waals surface area contributed by atoms with Crippen LogP contribution in [0.5, 0.6) is 0 Å². The molecule has 1 aromatic carbocycles. The number of rotatable bonds is 4. The van der Waals surface area contributed by atoms with Crippen LogP contribution in [-0.2, 0) is 11.2 Å². The van der Waals surface area contributed by atoms with Crippen molar-refractivity contribution in [2.24, 2.45) is 0 Å². The van der Waals surface area contributed by atoms with Gasteiger partial charge in [-0.05, 0) is 51.8 Å². The van der Waals surface area contributed by atoms with Gasteiger partial charge in [0.2, 0.25) is 0 Å². The number of benzene rings is 1. The molecule has 2 N–H and O–H groups in total. The summed E-state index contributed by atoms with van der Waals surface area (Å²) in [5.41, 5.74) is -0.643. The van der Waals surface area contributed by atoms with E-state index in [2.05, 4.69) is 5.32 Å². The zero-order chi connectivity index (χ0) is 15.4. The minimum atomic E-state index is -0.861. The van der Waals surface area contributed by atoms with Crippen molar-refractivity contribution >= 4 is 6.09 Å². The molecule has 0 spiro atoms. The molecule has 0 aliphatic carbocycles. The number of hydrogen-bond donors (Lipinski definition) is 2. The normalized spacial score (nSPS) is 14.5. The van der Waals surface area contributed by atoms with Gasteiger partial charge in [0.1, 0.15) is 11.4 Å². The summed E-state index contributed by atoms with van der Waals surface area (Å²) in [5.74, 6) is -0.320. The highest BCUT2D eigenvalue weighted by molar-refractivity contribution is 5.68. The van der Waals surface area contributed by atoms with Gasteiger partial charge in [-0.2, -0.15) is 0 Å². The lowest BCUT2D eigenvalue weighted by atomic mass is 9.94. The number of hydrogen-bond acceptors (Lipinski definition) is 3. The Hall–Kier alpha value is -1.62. The first-order valence-electron chi connectivity index (χ1n) is 6.50.